The molecule has 2 aromatic heterocycles. The molecule has 0 radical (unpaired) electrons. The molecule has 0 unspecified atom stereocenters. The van der Waals surface area contributed by atoms with E-state index in [2.05, 4.69) is 24.1 Å². The minimum Gasteiger partial charge on any atom is -0.504 e. The van der Waals surface area contributed by atoms with E-state index in [4.69, 9.17) is 0 Å². The molecule has 0 atom stereocenters. The van der Waals surface area contributed by atoms with Crippen molar-refractivity contribution in [2.75, 3.05) is 0 Å². The zero-order chi connectivity index (χ0) is 18.3. The van der Waals surface area contributed by atoms with Crippen molar-refractivity contribution in [3.8, 4) is 11.5 Å². The summed E-state index contributed by atoms with van der Waals surface area (Å²) in [5.74, 6) is -0.407. The summed E-state index contributed by atoms with van der Waals surface area (Å²) in [5, 5.41) is 19.0. The van der Waals surface area contributed by atoms with E-state index in [0.717, 1.165) is 17.7 Å². The highest BCUT2D eigenvalue weighted by Gasteiger charge is 2.11. The molecular weight excluding hydrogens is 348 g/mol. The summed E-state index contributed by atoms with van der Waals surface area (Å²) >= 11 is 1.29. The summed E-state index contributed by atoms with van der Waals surface area (Å²) in [6.07, 6.45) is 12.5. The Kier molecular flexibility index (Phi) is 3.97. The van der Waals surface area contributed by atoms with Gasteiger partial charge in [0.15, 0.2) is 16.5 Å². The van der Waals surface area contributed by atoms with Crippen LogP contribution in [0.5, 0.6) is 11.5 Å². The first-order valence-electron chi connectivity index (χ1n) is 8.11. The predicted molar refractivity (Wildman–Crippen MR) is 103 cm³/mol. The van der Waals surface area contributed by atoms with Crippen LogP contribution in [-0.4, -0.2) is 19.6 Å². The van der Waals surface area contributed by atoms with Gasteiger partial charge in [-0.15, -0.1) is 0 Å². The second kappa shape index (κ2) is 6.31. The number of phenols is 2. The summed E-state index contributed by atoms with van der Waals surface area (Å²) in [6.45, 7) is 2.08. The van der Waals surface area contributed by atoms with Crippen LogP contribution in [-0.2, 0) is 0 Å². The molecule has 2 heterocycles. The highest BCUT2D eigenvalue weighted by molar-refractivity contribution is 7.15. The molecule has 0 saturated heterocycles. The smallest absolute Gasteiger partial charge is 0.274 e. The third-order valence-corrected chi connectivity index (χ3v) is 5.18. The van der Waals surface area contributed by atoms with Crippen molar-refractivity contribution in [1.29, 1.82) is 0 Å². The molecule has 6 heteroatoms. The Morgan fingerprint density at radius 1 is 1.27 bits per heavy atom. The number of rotatable bonds is 2. The van der Waals surface area contributed by atoms with E-state index in [1.807, 2.05) is 12.2 Å². The third kappa shape index (κ3) is 2.95. The first-order chi connectivity index (χ1) is 12.5. The van der Waals surface area contributed by atoms with Gasteiger partial charge in [0.05, 0.1) is 10.2 Å². The zero-order valence-electron chi connectivity index (χ0n) is 14.0. The number of benzene rings is 1. The molecule has 1 aliphatic rings. The number of phenolic OH excluding ortho intramolecular Hbond substituents is 2. The van der Waals surface area contributed by atoms with Gasteiger partial charge in [-0.05, 0) is 42.7 Å². The molecular formula is C20H16N2O3S. The van der Waals surface area contributed by atoms with Crippen molar-refractivity contribution in [2.45, 2.75) is 13.3 Å². The average molecular weight is 364 g/mol. The van der Waals surface area contributed by atoms with Crippen LogP contribution in [0.15, 0.2) is 59.1 Å². The number of thiazole rings is 1. The van der Waals surface area contributed by atoms with E-state index in [0.29, 0.717) is 15.1 Å². The van der Waals surface area contributed by atoms with E-state index in [-0.39, 0.29) is 17.1 Å². The Labute approximate surface area is 153 Å². The van der Waals surface area contributed by atoms with Crippen LogP contribution in [0.2, 0.25) is 0 Å². The quantitative estimate of drug-likeness (QED) is 0.686. The summed E-state index contributed by atoms with van der Waals surface area (Å²) in [7, 11) is 0. The van der Waals surface area contributed by atoms with Crippen molar-refractivity contribution in [3.63, 3.8) is 0 Å². The topological polar surface area (TPSA) is 74.8 Å². The fourth-order valence-electron chi connectivity index (χ4n) is 2.77. The van der Waals surface area contributed by atoms with Crippen molar-refractivity contribution < 1.29 is 10.2 Å². The SMILES string of the molecule is CC1=CC=CC(c2cn3c(=O)/c(=C/c4ccc(O)c(O)c4)sc3n2)=CC1. The third-order valence-electron chi connectivity index (χ3n) is 4.20. The number of nitrogens with zero attached hydrogens (tertiary/aromatic N) is 2. The lowest BCUT2D eigenvalue weighted by Gasteiger charge is -1.97. The Hall–Kier alpha value is -3.12. The van der Waals surface area contributed by atoms with Crippen molar-refractivity contribution in [2.24, 2.45) is 0 Å². The lowest BCUT2D eigenvalue weighted by Crippen LogP contribution is -2.22. The van der Waals surface area contributed by atoms with Gasteiger partial charge in [0.2, 0.25) is 0 Å². The second-order valence-electron chi connectivity index (χ2n) is 6.18. The molecule has 0 spiro atoms. The van der Waals surface area contributed by atoms with Gasteiger partial charge >= 0.3 is 0 Å². The Morgan fingerprint density at radius 3 is 2.88 bits per heavy atom. The fraction of sp³-hybridized carbons (Fsp3) is 0.100. The minimum absolute atomic E-state index is 0.149. The first-order valence-corrected chi connectivity index (χ1v) is 8.93. The monoisotopic (exact) mass is 364 g/mol. The average Bonchev–Trinajstić information content (AvgIpc) is 3.05. The molecule has 0 amide bonds. The standard InChI is InChI=1S/C20H16N2O3S/c1-12-3-2-4-14(7-5-12)15-11-22-19(25)18(26-20(22)21-15)10-13-6-8-16(23)17(24)9-13/h2-4,6-11,23-24H,5H2,1H3/b18-10-. The number of hydrogen-bond donors (Lipinski definition) is 2. The van der Waals surface area contributed by atoms with Gasteiger partial charge in [-0.25, -0.2) is 4.98 Å². The number of fused-ring (bicyclic) bond motifs is 1. The van der Waals surface area contributed by atoms with E-state index >= 15 is 0 Å². The Morgan fingerprint density at radius 2 is 2.12 bits per heavy atom. The van der Waals surface area contributed by atoms with Crippen molar-refractivity contribution >= 4 is 27.9 Å². The highest BCUT2D eigenvalue weighted by atomic mass is 32.1. The molecule has 0 aliphatic heterocycles. The minimum atomic E-state index is -0.217. The molecule has 5 nitrogen and oxygen atoms in total. The number of aromatic hydroxyl groups is 2. The van der Waals surface area contributed by atoms with E-state index in [1.165, 1.54) is 29.0 Å². The lowest BCUT2D eigenvalue weighted by molar-refractivity contribution is 0.403. The molecule has 3 aromatic rings. The van der Waals surface area contributed by atoms with Gasteiger partial charge in [0.25, 0.3) is 5.56 Å². The van der Waals surface area contributed by atoms with E-state index < -0.39 is 0 Å². The van der Waals surface area contributed by atoms with Gasteiger partial charge < -0.3 is 10.2 Å². The van der Waals surface area contributed by atoms with Crippen LogP contribution in [0.4, 0.5) is 0 Å². The fourth-order valence-corrected chi connectivity index (χ4v) is 3.72. The molecule has 0 bridgehead atoms. The molecule has 0 saturated carbocycles. The van der Waals surface area contributed by atoms with Crippen LogP contribution in [0.3, 0.4) is 0 Å². The molecule has 26 heavy (non-hydrogen) atoms. The molecule has 1 aromatic carbocycles. The maximum atomic E-state index is 12.6. The maximum absolute atomic E-state index is 12.6. The Balaban J connectivity index is 1.75. The largest absolute Gasteiger partial charge is 0.504 e. The van der Waals surface area contributed by atoms with Crippen molar-refractivity contribution in [1.82, 2.24) is 9.38 Å². The summed E-state index contributed by atoms with van der Waals surface area (Å²) < 4.78 is 2.07. The lowest BCUT2D eigenvalue weighted by atomic mass is 10.1. The normalized spacial score (nSPS) is 15.2. The number of aromatic nitrogens is 2. The summed E-state index contributed by atoms with van der Waals surface area (Å²) in [4.78, 5) is 17.9. The second-order valence-corrected chi connectivity index (χ2v) is 7.19. The Bertz CT molecular complexity index is 1210. The summed E-state index contributed by atoms with van der Waals surface area (Å²) in [5.41, 5.74) is 3.54. The van der Waals surface area contributed by atoms with Gasteiger partial charge in [-0.1, -0.05) is 47.3 Å². The molecule has 130 valence electrons. The zero-order valence-corrected chi connectivity index (χ0v) is 14.8. The number of hydrogen-bond acceptors (Lipinski definition) is 5. The first kappa shape index (κ1) is 16.4. The maximum Gasteiger partial charge on any atom is 0.274 e. The van der Waals surface area contributed by atoms with Crippen LogP contribution >= 0.6 is 11.3 Å². The molecule has 1 aliphatic carbocycles. The van der Waals surface area contributed by atoms with Crippen molar-refractivity contribution in [3.05, 3.63) is 80.4 Å². The number of allylic oxidation sites excluding steroid dienone is 6. The number of imidazole rings is 1. The van der Waals surface area contributed by atoms with Gasteiger partial charge in [0, 0.05) is 6.20 Å². The molecule has 0 fully saturated rings. The van der Waals surface area contributed by atoms with E-state index in [9.17, 15) is 15.0 Å². The van der Waals surface area contributed by atoms with Gasteiger partial charge in [-0.3, -0.25) is 9.20 Å². The molecule has 2 N–H and O–H groups in total. The van der Waals surface area contributed by atoms with Crippen LogP contribution in [0.1, 0.15) is 24.6 Å². The van der Waals surface area contributed by atoms with Gasteiger partial charge in [-0.2, -0.15) is 0 Å². The summed E-state index contributed by atoms with van der Waals surface area (Å²) in [6, 6.07) is 4.45. The highest BCUT2D eigenvalue weighted by Crippen LogP contribution is 2.25. The van der Waals surface area contributed by atoms with Crippen LogP contribution in [0, 0.1) is 0 Å². The molecule has 4 rings (SSSR count). The predicted octanol–water partition coefficient (Wildman–Crippen LogP) is 3.00. The van der Waals surface area contributed by atoms with Crippen LogP contribution in [0.25, 0.3) is 16.6 Å². The van der Waals surface area contributed by atoms with Crippen LogP contribution < -0.4 is 10.1 Å². The van der Waals surface area contributed by atoms with Gasteiger partial charge in [0.1, 0.15) is 0 Å². The van der Waals surface area contributed by atoms with E-state index in [1.54, 1.807) is 22.7 Å².